The van der Waals surface area contributed by atoms with Gasteiger partial charge in [-0.2, -0.15) is 4.57 Å². The van der Waals surface area contributed by atoms with Gasteiger partial charge in [-0.25, -0.2) is 0 Å². The number of thiocarbonyl (C=S) groups is 1. The van der Waals surface area contributed by atoms with Gasteiger partial charge in [0, 0.05) is 0 Å². The highest BCUT2D eigenvalue weighted by Crippen LogP contribution is 1.65. The first-order chi connectivity index (χ1) is 3.80. The second-order valence-corrected chi connectivity index (χ2v) is 1.78. The molecule has 1 heterocycles. The van der Waals surface area contributed by atoms with E-state index < -0.39 is 0 Å². The average Bonchev–Trinajstić information content (AvgIpc) is 2.12. The molecule has 42 valence electrons. The molecule has 0 spiro atoms. The number of nitrogens with one attached hydrogen (secondary N) is 1. The molecule has 1 aromatic rings. The standard InChI is InChI=1S/C4H5N3S/c5-4(8)7-2-1-6-3-7/h1-3H,(H2,5,8)/p+1. The van der Waals surface area contributed by atoms with E-state index in [1.54, 1.807) is 23.3 Å². The molecule has 3 N–H and O–H groups in total. The fourth-order valence-electron chi connectivity index (χ4n) is 0.427. The number of nitrogens with two attached hydrogens (primary N) is 1. The van der Waals surface area contributed by atoms with Gasteiger partial charge in [0.05, 0.1) is 6.20 Å². The fourth-order valence-corrected chi connectivity index (χ4v) is 0.540. The van der Waals surface area contributed by atoms with E-state index in [0.717, 1.165) is 0 Å². The molecule has 0 unspecified atom stereocenters. The monoisotopic (exact) mass is 128 g/mol. The Morgan fingerprint density at radius 1 is 1.75 bits per heavy atom. The highest BCUT2D eigenvalue weighted by Gasteiger charge is 1.94. The number of hydrogen-bond donors (Lipinski definition) is 2. The largest absolute Gasteiger partial charge is 0.309 e. The highest BCUT2D eigenvalue weighted by atomic mass is 32.1. The minimum atomic E-state index is 0.353. The third-order valence-electron chi connectivity index (χ3n) is 0.799. The molecular weight excluding hydrogens is 122 g/mol. The Morgan fingerprint density at radius 3 is 2.75 bits per heavy atom. The summed E-state index contributed by atoms with van der Waals surface area (Å²) in [7, 11) is 0. The van der Waals surface area contributed by atoms with E-state index in [1.807, 2.05) is 0 Å². The van der Waals surface area contributed by atoms with E-state index in [-0.39, 0.29) is 0 Å². The first kappa shape index (κ1) is 5.24. The van der Waals surface area contributed by atoms with Crippen LogP contribution in [0, 0.1) is 0 Å². The molecule has 4 heteroatoms. The van der Waals surface area contributed by atoms with E-state index in [0.29, 0.717) is 5.11 Å². The number of aromatic nitrogens is 2. The van der Waals surface area contributed by atoms with Crippen LogP contribution in [0.2, 0.25) is 0 Å². The maximum absolute atomic E-state index is 5.23. The molecule has 0 saturated heterocycles. The van der Waals surface area contributed by atoms with Crippen LogP contribution in [0.25, 0.3) is 0 Å². The van der Waals surface area contributed by atoms with Crippen molar-refractivity contribution < 1.29 is 4.57 Å². The second kappa shape index (κ2) is 1.92. The summed E-state index contributed by atoms with van der Waals surface area (Å²) in [4.78, 5) is 2.81. The average molecular weight is 128 g/mol. The molecule has 0 aliphatic rings. The van der Waals surface area contributed by atoms with Gasteiger partial charge in [-0.1, -0.05) is 0 Å². The number of rotatable bonds is 0. The molecule has 8 heavy (non-hydrogen) atoms. The molecule has 1 aromatic heterocycles. The number of imidazole rings is 1. The zero-order valence-corrected chi connectivity index (χ0v) is 4.98. The quantitative estimate of drug-likeness (QED) is 0.362. The first-order valence-electron chi connectivity index (χ1n) is 2.14. The highest BCUT2D eigenvalue weighted by molar-refractivity contribution is 7.79. The lowest BCUT2D eigenvalue weighted by molar-refractivity contribution is -0.551. The van der Waals surface area contributed by atoms with Crippen molar-refractivity contribution in [2.45, 2.75) is 0 Å². The van der Waals surface area contributed by atoms with Gasteiger partial charge in [0.1, 0.15) is 6.20 Å². The lowest BCUT2D eigenvalue weighted by Gasteiger charge is -1.82. The summed E-state index contributed by atoms with van der Waals surface area (Å²) in [6, 6.07) is 0. The van der Waals surface area contributed by atoms with Crippen molar-refractivity contribution in [3.63, 3.8) is 0 Å². The van der Waals surface area contributed by atoms with Crippen LogP contribution in [-0.2, 0) is 0 Å². The van der Waals surface area contributed by atoms with Crippen LogP contribution in [0.1, 0.15) is 0 Å². The Labute approximate surface area is 52.1 Å². The Bertz CT molecular complexity index is 179. The molecule has 0 aliphatic heterocycles. The van der Waals surface area contributed by atoms with Crippen molar-refractivity contribution in [2.24, 2.45) is 5.73 Å². The van der Waals surface area contributed by atoms with Crippen LogP contribution in [0.5, 0.6) is 0 Å². The van der Waals surface area contributed by atoms with E-state index in [9.17, 15) is 0 Å². The van der Waals surface area contributed by atoms with Gasteiger partial charge in [-0.15, -0.1) is 0 Å². The second-order valence-electron chi connectivity index (χ2n) is 1.36. The molecule has 3 nitrogen and oxygen atoms in total. The minimum absolute atomic E-state index is 0.353. The lowest BCUT2D eigenvalue weighted by atomic mass is 10.9. The van der Waals surface area contributed by atoms with Crippen molar-refractivity contribution >= 4 is 17.3 Å². The van der Waals surface area contributed by atoms with Crippen LogP contribution in [-0.4, -0.2) is 10.1 Å². The Morgan fingerprint density at radius 2 is 2.50 bits per heavy atom. The third kappa shape index (κ3) is 0.840. The SMILES string of the molecule is NC(=S)[n+]1cc[nH]c1. The van der Waals surface area contributed by atoms with Crippen LogP contribution in [0.4, 0.5) is 0 Å². The molecule has 0 amide bonds. The van der Waals surface area contributed by atoms with Crippen LogP contribution >= 0.6 is 12.2 Å². The fraction of sp³-hybridized carbons (Fsp3) is 0. The van der Waals surface area contributed by atoms with Gasteiger partial charge >= 0.3 is 0 Å². The third-order valence-corrected chi connectivity index (χ3v) is 1.01. The van der Waals surface area contributed by atoms with Crippen molar-refractivity contribution in [1.82, 2.24) is 4.98 Å². The maximum Gasteiger partial charge on any atom is 0.292 e. The summed E-state index contributed by atoms with van der Waals surface area (Å²) in [5, 5.41) is 0.353. The van der Waals surface area contributed by atoms with Crippen molar-refractivity contribution in [2.75, 3.05) is 0 Å². The summed E-state index contributed by atoms with van der Waals surface area (Å²) in [6.45, 7) is 0. The molecule has 0 radical (unpaired) electrons. The summed E-state index contributed by atoms with van der Waals surface area (Å²) < 4.78 is 1.62. The predicted molar refractivity (Wildman–Crippen MR) is 33.2 cm³/mol. The predicted octanol–water partition coefficient (Wildman–Crippen LogP) is -0.606. The number of hydrogen-bond acceptors (Lipinski definition) is 1. The normalized spacial score (nSPS) is 9.00. The number of nitrogens with zero attached hydrogens (tertiary/aromatic N) is 1. The minimum Gasteiger partial charge on any atom is -0.309 e. The summed E-state index contributed by atoms with van der Waals surface area (Å²) in [5.41, 5.74) is 5.23. The molecule has 0 atom stereocenters. The summed E-state index contributed by atoms with van der Waals surface area (Å²) in [5.74, 6) is 0. The zero-order valence-electron chi connectivity index (χ0n) is 4.16. The Balaban J connectivity index is 2.93. The van der Waals surface area contributed by atoms with Crippen molar-refractivity contribution in [1.29, 1.82) is 0 Å². The van der Waals surface area contributed by atoms with Crippen LogP contribution in [0.3, 0.4) is 0 Å². The Kier molecular flexibility index (Phi) is 1.26. The van der Waals surface area contributed by atoms with Crippen molar-refractivity contribution in [3.8, 4) is 0 Å². The number of aromatic amines is 1. The molecule has 0 aromatic carbocycles. The Hall–Kier alpha value is -0.900. The van der Waals surface area contributed by atoms with Crippen LogP contribution in [0.15, 0.2) is 18.7 Å². The van der Waals surface area contributed by atoms with Crippen molar-refractivity contribution in [3.05, 3.63) is 18.7 Å². The van der Waals surface area contributed by atoms with Gasteiger partial charge in [-0.05, 0) is 12.2 Å². The van der Waals surface area contributed by atoms with E-state index in [2.05, 4.69) is 17.2 Å². The van der Waals surface area contributed by atoms with Gasteiger partial charge in [0.25, 0.3) is 5.11 Å². The van der Waals surface area contributed by atoms with Gasteiger partial charge < -0.3 is 5.73 Å². The van der Waals surface area contributed by atoms with E-state index in [1.165, 1.54) is 0 Å². The van der Waals surface area contributed by atoms with Crippen LogP contribution < -0.4 is 10.3 Å². The first-order valence-corrected chi connectivity index (χ1v) is 2.55. The van der Waals surface area contributed by atoms with Gasteiger partial charge in [0.15, 0.2) is 6.33 Å². The smallest absolute Gasteiger partial charge is 0.292 e. The van der Waals surface area contributed by atoms with E-state index in [4.69, 9.17) is 5.73 Å². The van der Waals surface area contributed by atoms with E-state index >= 15 is 0 Å². The molecule has 0 saturated carbocycles. The van der Waals surface area contributed by atoms with Gasteiger partial charge in [0.2, 0.25) is 0 Å². The zero-order chi connectivity index (χ0) is 5.98. The molecule has 0 fully saturated rings. The number of H-pyrrole nitrogens is 1. The summed E-state index contributed by atoms with van der Waals surface area (Å²) in [6.07, 6.45) is 5.18. The maximum atomic E-state index is 5.23. The molecular formula is C4H6N3S+. The molecule has 0 aliphatic carbocycles. The lowest BCUT2D eigenvalue weighted by Crippen LogP contribution is -2.44. The molecule has 0 bridgehead atoms. The summed E-state index contributed by atoms with van der Waals surface area (Å²) >= 11 is 4.64. The molecule has 1 rings (SSSR count). The topological polar surface area (TPSA) is 45.7 Å². The van der Waals surface area contributed by atoms with Gasteiger partial charge in [-0.3, -0.25) is 4.98 Å².